The van der Waals surface area contributed by atoms with Crippen LogP contribution in [0.15, 0.2) is 41.3 Å². The van der Waals surface area contributed by atoms with Crippen molar-refractivity contribution in [3.8, 4) is 0 Å². The van der Waals surface area contributed by atoms with Crippen LogP contribution in [0.5, 0.6) is 0 Å². The van der Waals surface area contributed by atoms with Crippen LogP contribution in [0, 0.1) is 5.92 Å². The van der Waals surface area contributed by atoms with Gasteiger partial charge in [-0.25, -0.2) is 8.42 Å². The van der Waals surface area contributed by atoms with E-state index in [0.717, 1.165) is 0 Å². The number of amides is 1. The van der Waals surface area contributed by atoms with Crippen LogP contribution in [0.25, 0.3) is 0 Å². The quantitative estimate of drug-likeness (QED) is 0.794. The molecule has 2 heterocycles. The van der Waals surface area contributed by atoms with Crippen molar-refractivity contribution in [1.82, 2.24) is 0 Å². The lowest BCUT2D eigenvalue weighted by molar-refractivity contribution is -0.141. The number of benzene rings is 2. The van der Waals surface area contributed by atoms with Crippen LogP contribution in [-0.2, 0) is 32.5 Å². The SMILES string of the molecule is O=C1Cc2cc(S(=O)(=O)N3CCC(C(=O)O)Cc4ccccc43)c(Cl)cc2N1. The first kappa shape index (κ1) is 18.8. The molecule has 2 aromatic rings. The van der Waals surface area contributed by atoms with Crippen LogP contribution in [0.1, 0.15) is 17.5 Å². The smallest absolute Gasteiger partial charge is 0.306 e. The van der Waals surface area contributed by atoms with Crippen LogP contribution in [0.3, 0.4) is 0 Å². The van der Waals surface area contributed by atoms with Crippen molar-refractivity contribution in [3.63, 3.8) is 0 Å². The first-order valence-corrected chi connectivity index (χ1v) is 10.5. The van der Waals surface area contributed by atoms with Crippen LogP contribution >= 0.6 is 11.6 Å². The van der Waals surface area contributed by atoms with Crippen molar-refractivity contribution in [1.29, 1.82) is 0 Å². The maximum absolute atomic E-state index is 13.5. The molecule has 146 valence electrons. The fraction of sp³-hybridized carbons (Fsp3) is 0.263. The summed E-state index contributed by atoms with van der Waals surface area (Å²) in [4.78, 5) is 23.1. The molecule has 2 N–H and O–H groups in total. The van der Waals surface area contributed by atoms with Gasteiger partial charge in [-0.1, -0.05) is 29.8 Å². The lowest BCUT2D eigenvalue weighted by Crippen LogP contribution is -2.33. The minimum Gasteiger partial charge on any atom is -0.481 e. The van der Waals surface area contributed by atoms with E-state index in [2.05, 4.69) is 5.32 Å². The Morgan fingerprint density at radius 3 is 2.71 bits per heavy atom. The van der Waals surface area contributed by atoms with Gasteiger partial charge in [0.25, 0.3) is 10.0 Å². The molecule has 0 saturated heterocycles. The highest BCUT2D eigenvalue weighted by molar-refractivity contribution is 7.93. The second-order valence-corrected chi connectivity index (χ2v) is 9.14. The minimum absolute atomic E-state index is 0.0115. The summed E-state index contributed by atoms with van der Waals surface area (Å²) in [5.41, 5.74) is 2.19. The van der Waals surface area contributed by atoms with Crippen molar-refractivity contribution in [3.05, 3.63) is 52.5 Å². The van der Waals surface area contributed by atoms with Gasteiger partial charge in [-0.2, -0.15) is 0 Å². The average molecular weight is 421 g/mol. The van der Waals surface area contributed by atoms with E-state index in [-0.39, 0.29) is 41.6 Å². The third-order valence-electron chi connectivity index (χ3n) is 5.11. The molecule has 2 aliphatic heterocycles. The fourth-order valence-electron chi connectivity index (χ4n) is 3.69. The molecule has 7 nitrogen and oxygen atoms in total. The highest BCUT2D eigenvalue weighted by atomic mass is 35.5. The van der Waals surface area contributed by atoms with Crippen molar-refractivity contribution < 1.29 is 23.1 Å². The highest BCUT2D eigenvalue weighted by Gasteiger charge is 2.34. The summed E-state index contributed by atoms with van der Waals surface area (Å²) in [6, 6.07) is 9.75. The van der Waals surface area contributed by atoms with Gasteiger partial charge in [-0.05, 0) is 42.2 Å². The van der Waals surface area contributed by atoms with E-state index in [9.17, 15) is 23.1 Å². The molecule has 0 saturated carbocycles. The number of nitrogens with one attached hydrogen (secondary N) is 1. The number of carbonyl (C=O) groups is 2. The molecule has 0 aliphatic carbocycles. The molecule has 0 bridgehead atoms. The summed E-state index contributed by atoms with van der Waals surface area (Å²) in [6.45, 7) is 0.0287. The lowest BCUT2D eigenvalue weighted by Gasteiger charge is -2.25. The maximum atomic E-state index is 13.5. The number of fused-ring (bicyclic) bond motifs is 2. The van der Waals surface area contributed by atoms with Crippen LogP contribution in [0.4, 0.5) is 11.4 Å². The summed E-state index contributed by atoms with van der Waals surface area (Å²) in [7, 11) is -4.05. The van der Waals surface area contributed by atoms with E-state index in [1.807, 2.05) is 0 Å². The fourth-order valence-corrected chi connectivity index (χ4v) is 5.76. The summed E-state index contributed by atoms with van der Waals surface area (Å²) in [5, 5.41) is 12.1. The highest BCUT2D eigenvalue weighted by Crippen LogP contribution is 2.37. The normalized spacial score (nSPS) is 18.8. The predicted molar refractivity (Wildman–Crippen MR) is 104 cm³/mol. The molecule has 2 aliphatic rings. The zero-order valence-electron chi connectivity index (χ0n) is 14.7. The van der Waals surface area contributed by atoms with Gasteiger partial charge in [0.1, 0.15) is 4.90 Å². The van der Waals surface area contributed by atoms with Crippen LogP contribution in [0.2, 0.25) is 5.02 Å². The molecular weight excluding hydrogens is 404 g/mol. The maximum Gasteiger partial charge on any atom is 0.306 e. The van der Waals surface area contributed by atoms with Crippen molar-refractivity contribution in [2.75, 3.05) is 16.2 Å². The average Bonchev–Trinajstić information content (AvgIpc) is 2.87. The molecule has 1 unspecified atom stereocenters. The van der Waals surface area contributed by atoms with Gasteiger partial charge in [0.2, 0.25) is 5.91 Å². The van der Waals surface area contributed by atoms with Gasteiger partial charge in [-0.3, -0.25) is 13.9 Å². The van der Waals surface area contributed by atoms with Crippen molar-refractivity contribution >= 4 is 44.9 Å². The van der Waals surface area contributed by atoms with E-state index < -0.39 is 21.9 Å². The lowest BCUT2D eigenvalue weighted by atomic mass is 9.97. The standard InChI is InChI=1S/C19H17ClN2O5S/c20-14-10-15-13(9-18(23)21-15)8-17(14)28(26,27)22-6-5-12(19(24)25)7-11-3-1-2-4-16(11)22/h1-4,8,10,12H,5-7,9H2,(H,21,23)(H,24,25). The van der Waals surface area contributed by atoms with E-state index in [1.165, 1.54) is 16.4 Å². The monoisotopic (exact) mass is 420 g/mol. The summed E-state index contributed by atoms with van der Waals surface area (Å²) in [5.74, 6) is -1.84. The number of carbonyl (C=O) groups excluding carboxylic acids is 1. The molecule has 28 heavy (non-hydrogen) atoms. The van der Waals surface area contributed by atoms with Crippen LogP contribution in [-0.4, -0.2) is 31.9 Å². The number of para-hydroxylation sites is 1. The van der Waals surface area contributed by atoms with Gasteiger partial charge in [-0.15, -0.1) is 0 Å². The molecule has 2 aromatic carbocycles. The van der Waals surface area contributed by atoms with Gasteiger partial charge in [0.15, 0.2) is 0 Å². The number of hydrogen-bond donors (Lipinski definition) is 2. The first-order chi connectivity index (χ1) is 13.3. The third-order valence-corrected chi connectivity index (χ3v) is 7.39. The molecule has 0 fully saturated rings. The second kappa shape index (κ2) is 6.79. The number of rotatable bonds is 3. The second-order valence-electron chi connectivity index (χ2n) is 6.90. The van der Waals surface area contributed by atoms with Crippen LogP contribution < -0.4 is 9.62 Å². The van der Waals surface area contributed by atoms with Gasteiger partial charge >= 0.3 is 5.97 Å². The number of carboxylic acids is 1. The Balaban J connectivity index is 1.81. The Labute approximate surface area is 167 Å². The minimum atomic E-state index is -4.05. The van der Waals surface area contributed by atoms with E-state index >= 15 is 0 Å². The number of aliphatic carboxylic acids is 1. The van der Waals surface area contributed by atoms with Gasteiger partial charge < -0.3 is 10.4 Å². The number of hydrogen-bond acceptors (Lipinski definition) is 4. The molecule has 0 spiro atoms. The van der Waals surface area contributed by atoms with E-state index in [4.69, 9.17) is 11.6 Å². The largest absolute Gasteiger partial charge is 0.481 e. The zero-order chi connectivity index (χ0) is 20.1. The Bertz CT molecular complexity index is 1100. The Morgan fingerprint density at radius 2 is 1.96 bits per heavy atom. The zero-order valence-corrected chi connectivity index (χ0v) is 16.3. The molecule has 9 heteroatoms. The summed E-state index contributed by atoms with van der Waals surface area (Å²) < 4.78 is 28.2. The summed E-state index contributed by atoms with van der Waals surface area (Å²) in [6.07, 6.45) is 0.534. The number of carboxylic acid groups (broad SMARTS) is 1. The molecular formula is C19H17ClN2O5S. The topological polar surface area (TPSA) is 104 Å². The number of halogens is 1. The van der Waals surface area contributed by atoms with Crippen molar-refractivity contribution in [2.45, 2.75) is 24.2 Å². The molecule has 1 atom stereocenters. The van der Waals surface area contributed by atoms with Gasteiger partial charge in [0, 0.05) is 12.2 Å². The van der Waals surface area contributed by atoms with Gasteiger partial charge in [0.05, 0.1) is 23.0 Å². The summed E-state index contributed by atoms with van der Waals surface area (Å²) >= 11 is 6.26. The first-order valence-electron chi connectivity index (χ1n) is 8.73. The van der Waals surface area contributed by atoms with E-state index in [0.29, 0.717) is 22.5 Å². The Hall–Kier alpha value is -2.58. The third kappa shape index (κ3) is 3.12. The predicted octanol–water partition coefficient (Wildman–Crippen LogP) is 2.68. The molecule has 1 amide bonds. The molecule has 0 radical (unpaired) electrons. The Morgan fingerprint density at radius 1 is 1.21 bits per heavy atom. The molecule has 4 rings (SSSR count). The molecule has 0 aromatic heterocycles. The Kier molecular flexibility index (Phi) is 4.55. The van der Waals surface area contributed by atoms with Crippen molar-refractivity contribution in [2.24, 2.45) is 5.92 Å². The van der Waals surface area contributed by atoms with E-state index in [1.54, 1.807) is 24.3 Å². The number of sulfonamides is 1. The number of anilines is 2. The number of nitrogens with zero attached hydrogens (tertiary/aromatic N) is 1.